The molecule has 0 amide bonds. The van der Waals surface area contributed by atoms with Crippen LogP contribution >= 0.6 is 15.9 Å². The fraction of sp³-hybridized carbons (Fsp3) is 0.571. The third-order valence-corrected chi connectivity index (χ3v) is 3.92. The second-order valence-corrected chi connectivity index (χ2v) is 5.68. The van der Waals surface area contributed by atoms with Crippen LogP contribution in [0.4, 0.5) is 0 Å². The van der Waals surface area contributed by atoms with Crippen LogP contribution in [0.2, 0.25) is 0 Å². The van der Waals surface area contributed by atoms with Crippen molar-refractivity contribution in [3.05, 3.63) is 34.3 Å². The summed E-state index contributed by atoms with van der Waals surface area (Å²) in [6.45, 7) is 1.02. The Kier molecular flexibility index (Phi) is 5.01. The van der Waals surface area contributed by atoms with Gasteiger partial charge in [-0.3, -0.25) is 0 Å². The third-order valence-electron chi connectivity index (χ3n) is 3.43. The Balaban J connectivity index is 1.76. The number of aliphatic hydroxyl groups excluding tert-OH is 1. The van der Waals surface area contributed by atoms with E-state index in [0.717, 1.165) is 30.2 Å². The zero-order chi connectivity index (χ0) is 12.1. The summed E-state index contributed by atoms with van der Waals surface area (Å²) in [7, 11) is 0. The van der Waals surface area contributed by atoms with Crippen molar-refractivity contribution in [3.63, 3.8) is 0 Å². The third kappa shape index (κ3) is 4.09. The summed E-state index contributed by atoms with van der Waals surface area (Å²) < 4.78 is 7.01. The van der Waals surface area contributed by atoms with Crippen LogP contribution in [0.5, 0.6) is 0 Å². The molecule has 1 aromatic rings. The van der Waals surface area contributed by atoms with Crippen molar-refractivity contribution in [2.45, 2.75) is 38.4 Å². The van der Waals surface area contributed by atoms with E-state index in [1.165, 1.54) is 5.56 Å². The summed E-state index contributed by atoms with van der Waals surface area (Å²) in [5.41, 5.74) is 1.21. The number of hydrogen-bond donors (Lipinski definition) is 1. The van der Waals surface area contributed by atoms with E-state index >= 15 is 0 Å². The normalized spacial score (nSPS) is 24.8. The Hall–Kier alpha value is -0.380. The maximum Gasteiger partial charge on any atom is 0.0721 e. The lowest BCUT2D eigenvalue weighted by molar-refractivity contribution is 0.00119. The lowest BCUT2D eigenvalue weighted by Crippen LogP contribution is -2.23. The minimum Gasteiger partial charge on any atom is -0.396 e. The lowest BCUT2D eigenvalue weighted by Gasteiger charge is -2.27. The van der Waals surface area contributed by atoms with Crippen LogP contribution in [-0.2, 0) is 11.3 Å². The number of ether oxygens (including phenoxy) is 1. The first-order chi connectivity index (χ1) is 8.28. The first-order valence-electron chi connectivity index (χ1n) is 6.25. The highest BCUT2D eigenvalue weighted by Gasteiger charge is 2.20. The molecular weight excluding hydrogens is 280 g/mol. The molecule has 0 unspecified atom stereocenters. The molecule has 3 heteroatoms. The van der Waals surface area contributed by atoms with Crippen molar-refractivity contribution in [1.29, 1.82) is 0 Å². The van der Waals surface area contributed by atoms with Gasteiger partial charge in [-0.15, -0.1) is 0 Å². The van der Waals surface area contributed by atoms with Gasteiger partial charge in [0.05, 0.1) is 12.7 Å². The zero-order valence-electron chi connectivity index (χ0n) is 9.94. The fourth-order valence-electron chi connectivity index (χ4n) is 2.32. The van der Waals surface area contributed by atoms with Crippen molar-refractivity contribution in [3.8, 4) is 0 Å². The van der Waals surface area contributed by atoms with Crippen LogP contribution in [0, 0.1) is 5.92 Å². The van der Waals surface area contributed by atoms with Crippen LogP contribution in [0.3, 0.4) is 0 Å². The molecule has 1 saturated carbocycles. The second kappa shape index (κ2) is 6.53. The summed E-state index contributed by atoms with van der Waals surface area (Å²) in [6, 6.07) is 8.24. The first kappa shape index (κ1) is 13.1. The van der Waals surface area contributed by atoms with Crippen LogP contribution in [-0.4, -0.2) is 17.8 Å². The van der Waals surface area contributed by atoms with Crippen molar-refractivity contribution in [2.75, 3.05) is 6.61 Å². The summed E-state index contributed by atoms with van der Waals surface area (Å²) in [6.07, 6.45) is 4.73. The number of rotatable bonds is 4. The van der Waals surface area contributed by atoms with E-state index in [2.05, 4.69) is 28.1 Å². The maximum atomic E-state index is 9.07. The smallest absolute Gasteiger partial charge is 0.0721 e. The summed E-state index contributed by atoms with van der Waals surface area (Å²) in [5, 5.41) is 9.07. The van der Waals surface area contributed by atoms with E-state index in [1.807, 2.05) is 12.1 Å². The molecule has 1 fully saturated rings. The van der Waals surface area contributed by atoms with Crippen LogP contribution < -0.4 is 0 Å². The first-order valence-corrected chi connectivity index (χ1v) is 7.04. The highest BCUT2D eigenvalue weighted by atomic mass is 79.9. The van der Waals surface area contributed by atoms with E-state index in [-0.39, 0.29) is 0 Å². The Morgan fingerprint density at radius 2 is 2.00 bits per heavy atom. The zero-order valence-corrected chi connectivity index (χ0v) is 11.5. The highest BCUT2D eigenvalue weighted by molar-refractivity contribution is 9.10. The van der Waals surface area contributed by atoms with Crippen molar-refractivity contribution >= 4 is 15.9 Å². The van der Waals surface area contributed by atoms with E-state index in [4.69, 9.17) is 9.84 Å². The number of halogens is 1. The van der Waals surface area contributed by atoms with Gasteiger partial charge in [0.2, 0.25) is 0 Å². The Morgan fingerprint density at radius 1 is 1.24 bits per heavy atom. The molecule has 1 aliphatic rings. The predicted molar refractivity (Wildman–Crippen MR) is 71.8 cm³/mol. The largest absolute Gasteiger partial charge is 0.396 e. The van der Waals surface area contributed by atoms with Gasteiger partial charge < -0.3 is 9.84 Å². The molecule has 0 aliphatic heterocycles. The van der Waals surface area contributed by atoms with Crippen molar-refractivity contribution in [2.24, 2.45) is 5.92 Å². The molecule has 1 N–H and O–H groups in total. The molecule has 2 rings (SSSR count). The molecule has 0 aromatic heterocycles. The van der Waals surface area contributed by atoms with Gasteiger partial charge in [0.1, 0.15) is 0 Å². The van der Waals surface area contributed by atoms with Crippen molar-refractivity contribution in [1.82, 2.24) is 0 Å². The number of benzene rings is 1. The molecule has 0 spiro atoms. The average molecular weight is 299 g/mol. The summed E-state index contributed by atoms with van der Waals surface area (Å²) >= 11 is 3.46. The SMILES string of the molecule is OCC1CCC(OCc2cccc(Br)c2)CC1. The summed E-state index contributed by atoms with van der Waals surface area (Å²) in [4.78, 5) is 0. The van der Waals surface area contributed by atoms with Gasteiger partial charge in [0.15, 0.2) is 0 Å². The van der Waals surface area contributed by atoms with Crippen LogP contribution in [0.25, 0.3) is 0 Å². The molecule has 0 heterocycles. The molecule has 17 heavy (non-hydrogen) atoms. The number of hydrogen-bond acceptors (Lipinski definition) is 2. The monoisotopic (exact) mass is 298 g/mol. The Labute approximate surface area is 111 Å². The molecule has 0 bridgehead atoms. The quantitative estimate of drug-likeness (QED) is 0.922. The Morgan fingerprint density at radius 3 is 2.65 bits per heavy atom. The molecular formula is C14H19BrO2. The average Bonchev–Trinajstić information content (AvgIpc) is 2.37. The topological polar surface area (TPSA) is 29.5 Å². The maximum absolute atomic E-state index is 9.07. The van der Waals surface area contributed by atoms with Gasteiger partial charge in [0, 0.05) is 11.1 Å². The molecule has 1 aromatic carbocycles. The standard InChI is InChI=1S/C14H19BrO2/c15-13-3-1-2-12(8-13)10-17-14-6-4-11(9-16)5-7-14/h1-3,8,11,14,16H,4-7,9-10H2. The Bertz CT molecular complexity index is 346. The van der Waals surface area contributed by atoms with Crippen LogP contribution in [0.15, 0.2) is 28.7 Å². The van der Waals surface area contributed by atoms with E-state index in [1.54, 1.807) is 0 Å². The predicted octanol–water partition coefficient (Wildman–Crippen LogP) is 3.52. The van der Waals surface area contributed by atoms with Gasteiger partial charge in [-0.05, 0) is 49.3 Å². The van der Waals surface area contributed by atoms with E-state index < -0.39 is 0 Å². The van der Waals surface area contributed by atoms with Gasteiger partial charge in [-0.25, -0.2) is 0 Å². The van der Waals surface area contributed by atoms with E-state index in [0.29, 0.717) is 25.2 Å². The second-order valence-electron chi connectivity index (χ2n) is 4.77. The number of aliphatic hydroxyl groups is 1. The van der Waals surface area contributed by atoms with Crippen molar-refractivity contribution < 1.29 is 9.84 Å². The molecule has 0 saturated heterocycles. The van der Waals surface area contributed by atoms with Gasteiger partial charge >= 0.3 is 0 Å². The minimum atomic E-state index is 0.332. The lowest BCUT2D eigenvalue weighted by atomic mass is 9.88. The molecule has 2 nitrogen and oxygen atoms in total. The molecule has 1 aliphatic carbocycles. The van der Waals surface area contributed by atoms with Gasteiger partial charge in [-0.1, -0.05) is 28.1 Å². The molecule has 0 atom stereocenters. The fourth-order valence-corrected chi connectivity index (χ4v) is 2.77. The highest BCUT2D eigenvalue weighted by Crippen LogP contribution is 2.26. The molecule has 0 radical (unpaired) electrons. The summed E-state index contributed by atoms with van der Waals surface area (Å²) in [5.74, 6) is 0.501. The van der Waals surface area contributed by atoms with Crippen LogP contribution in [0.1, 0.15) is 31.2 Å². The van der Waals surface area contributed by atoms with Gasteiger partial charge in [0.25, 0.3) is 0 Å². The van der Waals surface area contributed by atoms with Gasteiger partial charge in [-0.2, -0.15) is 0 Å². The van der Waals surface area contributed by atoms with E-state index in [9.17, 15) is 0 Å². The molecule has 94 valence electrons. The minimum absolute atomic E-state index is 0.332.